The van der Waals surface area contributed by atoms with Crippen LogP contribution >= 0.6 is 0 Å². The van der Waals surface area contributed by atoms with Crippen LogP contribution < -0.4 is 0 Å². The molecule has 1 N–H and O–H groups in total. The van der Waals surface area contributed by atoms with Crippen LogP contribution in [0.3, 0.4) is 0 Å². The zero-order valence-corrected chi connectivity index (χ0v) is 8.10. The van der Waals surface area contributed by atoms with E-state index in [1.807, 2.05) is 0 Å². The van der Waals surface area contributed by atoms with Crippen LogP contribution in [-0.4, -0.2) is 54.5 Å². The summed E-state index contributed by atoms with van der Waals surface area (Å²) in [5.41, 5.74) is 0. The predicted octanol–water partition coefficient (Wildman–Crippen LogP) is -0.709. The molecule has 1 amide bonds. The summed E-state index contributed by atoms with van der Waals surface area (Å²) < 4.78 is 9.93. The van der Waals surface area contributed by atoms with Gasteiger partial charge in [-0.2, -0.15) is 0 Å². The summed E-state index contributed by atoms with van der Waals surface area (Å²) in [6.45, 7) is 1.73. The molecule has 6 heteroatoms. The molecule has 0 aromatic heterocycles. The predicted molar refractivity (Wildman–Crippen MR) is 45.6 cm³/mol. The molecule has 0 aliphatic carbocycles. The highest BCUT2D eigenvalue weighted by molar-refractivity contribution is 5.77. The van der Waals surface area contributed by atoms with Gasteiger partial charge in [-0.05, 0) is 0 Å². The van der Waals surface area contributed by atoms with E-state index in [0.29, 0.717) is 0 Å². The third kappa shape index (κ3) is 2.43. The van der Waals surface area contributed by atoms with Crippen LogP contribution in [0.4, 0.5) is 0 Å². The number of rotatable bonds is 2. The van der Waals surface area contributed by atoms with E-state index in [2.05, 4.69) is 0 Å². The van der Waals surface area contributed by atoms with Crippen molar-refractivity contribution in [3.05, 3.63) is 0 Å². The molecule has 1 fully saturated rings. The van der Waals surface area contributed by atoms with E-state index in [9.17, 15) is 9.59 Å². The van der Waals surface area contributed by atoms with E-state index in [1.54, 1.807) is 0 Å². The molecule has 0 radical (unpaired) electrons. The van der Waals surface area contributed by atoms with Gasteiger partial charge in [0.2, 0.25) is 5.91 Å². The van der Waals surface area contributed by atoms with Crippen LogP contribution in [0, 0.1) is 0 Å². The van der Waals surface area contributed by atoms with Gasteiger partial charge in [-0.3, -0.25) is 4.79 Å². The number of carbonyl (C=O) groups is 2. The summed E-state index contributed by atoms with van der Waals surface area (Å²) in [4.78, 5) is 23.1. The molecule has 0 aromatic rings. The maximum absolute atomic E-state index is 11.1. The monoisotopic (exact) mass is 203 g/mol. The number of carbonyl (C=O) groups excluding carboxylic acids is 1. The van der Waals surface area contributed by atoms with Gasteiger partial charge in [0, 0.05) is 14.0 Å². The molecule has 0 bridgehead atoms. The number of morpholine rings is 1. The maximum atomic E-state index is 11.1. The molecule has 1 rings (SSSR count). The van der Waals surface area contributed by atoms with Gasteiger partial charge in [-0.1, -0.05) is 0 Å². The normalized spacial score (nSPS) is 27.4. The minimum atomic E-state index is -1.09. The highest BCUT2D eigenvalue weighted by atomic mass is 16.7. The van der Waals surface area contributed by atoms with Crippen LogP contribution in [0.5, 0.6) is 0 Å². The van der Waals surface area contributed by atoms with Crippen molar-refractivity contribution in [3.8, 4) is 0 Å². The number of hydrogen-bond acceptors (Lipinski definition) is 4. The number of aliphatic carboxylic acids is 1. The first kappa shape index (κ1) is 10.9. The van der Waals surface area contributed by atoms with E-state index >= 15 is 0 Å². The van der Waals surface area contributed by atoms with Crippen molar-refractivity contribution < 1.29 is 24.2 Å². The lowest BCUT2D eigenvalue weighted by Crippen LogP contribution is -2.52. The van der Waals surface area contributed by atoms with Crippen LogP contribution in [0.25, 0.3) is 0 Å². The summed E-state index contributed by atoms with van der Waals surface area (Å²) in [6, 6.07) is 0. The van der Waals surface area contributed by atoms with Gasteiger partial charge in [-0.25, -0.2) is 4.79 Å². The van der Waals surface area contributed by atoms with E-state index in [-0.39, 0.29) is 19.0 Å². The number of nitrogens with zero attached hydrogens (tertiary/aromatic N) is 1. The van der Waals surface area contributed by atoms with Gasteiger partial charge < -0.3 is 19.5 Å². The molecule has 1 aliphatic heterocycles. The van der Waals surface area contributed by atoms with Crippen molar-refractivity contribution in [2.24, 2.45) is 0 Å². The summed E-state index contributed by atoms with van der Waals surface area (Å²) in [6.07, 6.45) is -1.66. The van der Waals surface area contributed by atoms with E-state index < -0.39 is 18.4 Å². The average molecular weight is 203 g/mol. The Bertz CT molecular complexity index is 220. The fourth-order valence-corrected chi connectivity index (χ4v) is 1.25. The Labute approximate surface area is 81.4 Å². The Morgan fingerprint density at radius 2 is 2.14 bits per heavy atom. The number of ether oxygens (including phenoxy) is 2. The summed E-state index contributed by atoms with van der Waals surface area (Å²) in [5, 5.41) is 8.73. The Morgan fingerprint density at radius 3 is 2.57 bits per heavy atom. The zero-order chi connectivity index (χ0) is 10.7. The molecule has 0 spiro atoms. The number of carboxylic acids is 1. The molecule has 2 atom stereocenters. The van der Waals surface area contributed by atoms with Crippen LogP contribution in [0.1, 0.15) is 6.92 Å². The lowest BCUT2D eigenvalue weighted by atomic mass is 10.2. The topological polar surface area (TPSA) is 76.1 Å². The smallest absolute Gasteiger partial charge is 0.334 e. The standard InChI is InChI=1S/C8H13NO5/c1-5(10)9-3-6(8(11)12)14-7(4-9)13-2/h6-7H,3-4H2,1-2H3,(H,11,12)/t6-,7-/m0/s1. The minimum absolute atomic E-state index is 0.0739. The fraction of sp³-hybridized carbons (Fsp3) is 0.750. The van der Waals surface area contributed by atoms with Crippen molar-refractivity contribution in [3.63, 3.8) is 0 Å². The first-order chi connectivity index (χ1) is 6.54. The Balaban J connectivity index is 2.66. The van der Waals surface area contributed by atoms with Gasteiger partial charge in [-0.15, -0.1) is 0 Å². The van der Waals surface area contributed by atoms with Crippen molar-refractivity contribution in [1.82, 2.24) is 4.90 Å². The summed E-state index contributed by atoms with van der Waals surface area (Å²) in [5.74, 6) is -1.26. The van der Waals surface area contributed by atoms with Gasteiger partial charge in [0.15, 0.2) is 12.4 Å². The van der Waals surface area contributed by atoms with Crippen LogP contribution in [-0.2, 0) is 19.1 Å². The van der Waals surface area contributed by atoms with E-state index in [1.165, 1.54) is 18.9 Å². The van der Waals surface area contributed by atoms with E-state index in [4.69, 9.17) is 14.6 Å². The molecule has 0 unspecified atom stereocenters. The molecule has 1 aliphatic rings. The molecule has 1 heterocycles. The largest absolute Gasteiger partial charge is 0.479 e. The van der Waals surface area contributed by atoms with Crippen molar-refractivity contribution in [1.29, 1.82) is 0 Å². The fourth-order valence-electron chi connectivity index (χ4n) is 1.25. The molecular formula is C8H13NO5. The highest BCUT2D eigenvalue weighted by Crippen LogP contribution is 2.12. The number of amides is 1. The average Bonchev–Trinajstić information content (AvgIpc) is 2.16. The second-order valence-electron chi connectivity index (χ2n) is 3.05. The maximum Gasteiger partial charge on any atom is 0.334 e. The second-order valence-corrected chi connectivity index (χ2v) is 3.05. The van der Waals surface area contributed by atoms with Gasteiger partial charge >= 0.3 is 5.97 Å². The van der Waals surface area contributed by atoms with E-state index in [0.717, 1.165) is 0 Å². The summed E-state index contributed by atoms with van der Waals surface area (Å²) >= 11 is 0. The Kier molecular flexibility index (Phi) is 3.43. The third-order valence-electron chi connectivity index (χ3n) is 2.06. The molecule has 6 nitrogen and oxygen atoms in total. The lowest BCUT2D eigenvalue weighted by molar-refractivity contribution is -0.209. The molecule has 14 heavy (non-hydrogen) atoms. The van der Waals surface area contributed by atoms with Crippen molar-refractivity contribution >= 4 is 11.9 Å². The zero-order valence-electron chi connectivity index (χ0n) is 8.10. The minimum Gasteiger partial charge on any atom is -0.479 e. The second kappa shape index (κ2) is 4.39. The third-order valence-corrected chi connectivity index (χ3v) is 2.06. The van der Waals surface area contributed by atoms with Crippen LogP contribution in [0.2, 0.25) is 0 Å². The van der Waals surface area contributed by atoms with Gasteiger partial charge in [0.25, 0.3) is 0 Å². The first-order valence-corrected chi connectivity index (χ1v) is 4.21. The highest BCUT2D eigenvalue weighted by Gasteiger charge is 2.33. The number of methoxy groups -OCH3 is 1. The first-order valence-electron chi connectivity index (χ1n) is 4.21. The van der Waals surface area contributed by atoms with Gasteiger partial charge in [0.1, 0.15) is 0 Å². The number of carboxylic acid groups (broad SMARTS) is 1. The van der Waals surface area contributed by atoms with Crippen LogP contribution in [0.15, 0.2) is 0 Å². The van der Waals surface area contributed by atoms with Crippen molar-refractivity contribution in [2.75, 3.05) is 20.2 Å². The SMILES string of the molecule is CO[C@@H]1CN(C(C)=O)C[C@@H](C(=O)O)O1. The Hall–Kier alpha value is -1.14. The molecule has 0 saturated carbocycles. The molecule has 1 saturated heterocycles. The van der Waals surface area contributed by atoms with Gasteiger partial charge in [0.05, 0.1) is 13.1 Å². The quantitative estimate of drug-likeness (QED) is 0.641. The number of hydrogen-bond donors (Lipinski definition) is 1. The molecule has 80 valence electrons. The Morgan fingerprint density at radius 1 is 1.50 bits per heavy atom. The van der Waals surface area contributed by atoms with Crippen molar-refractivity contribution in [2.45, 2.75) is 19.3 Å². The molecule has 0 aromatic carbocycles. The summed E-state index contributed by atoms with van der Waals surface area (Å²) in [7, 11) is 1.41. The molecular weight excluding hydrogens is 190 g/mol. The lowest BCUT2D eigenvalue weighted by Gasteiger charge is -2.34.